The largest absolute Gasteiger partial charge is 0.346 e. The highest BCUT2D eigenvalue weighted by atomic mass is 79.9. The maximum atomic E-state index is 13.1. The summed E-state index contributed by atoms with van der Waals surface area (Å²) in [4.78, 5) is 27.7. The van der Waals surface area contributed by atoms with Crippen LogP contribution in [-0.4, -0.2) is 29.8 Å². The number of nitrogens with zero attached hydrogens (tertiary/aromatic N) is 1. The van der Waals surface area contributed by atoms with Crippen LogP contribution in [-0.2, 0) is 28.0 Å². The van der Waals surface area contributed by atoms with E-state index >= 15 is 0 Å². The first kappa shape index (κ1) is 19.2. The van der Waals surface area contributed by atoms with Crippen molar-refractivity contribution in [3.05, 3.63) is 69.7 Å². The van der Waals surface area contributed by atoms with Gasteiger partial charge in [-0.05, 0) is 48.1 Å². The van der Waals surface area contributed by atoms with Gasteiger partial charge in [0.05, 0.1) is 12.0 Å². The molecule has 1 aliphatic heterocycles. The van der Waals surface area contributed by atoms with Crippen molar-refractivity contribution in [3.8, 4) is 0 Å². The van der Waals surface area contributed by atoms with Crippen LogP contribution in [0.1, 0.15) is 42.4 Å². The monoisotopic (exact) mass is 440 g/mol. The molecule has 2 aromatic rings. The minimum atomic E-state index is -0.504. The van der Waals surface area contributed by atoms with Crippen LogP contribution < -0.4 is 5.32 Å². The van der Waals surface area contributed by atoms with Crippen molar-refractivity contribution in [3.63, 3.8) is 0 Å². The predicted octanol–water partition coefficient (Wildman–Crippen LogP) is 3.96. The van der Waals surface area contributed by atoms with Crippen molar-refractivity contribution in [2.75, 3.05) is 13.1 Å². The number of fused-ring (bicyclic) bond motifs is 1. The van der Waals surface area contributed by atoms with Gasteiger partial charge < -0.3 is 10.2 Å². The fourth-order valence-corrected chi connectivity index (χ4v) is 4.80. The van der Waals surface area contributed by atoms with Crippen LogP contribution in [0.4, 0.5) is 0 Å². The third-order valence-corrected chi connectivity index (χ3v) is 6.70. The van der Waals surface area contributed by atoms with Gasteiger partial charge in [-0.25, -0.2) is 0 Å². The fraction of sp³-hybridized carbons (Fsp3) is 0.391. The molecule has 1 N–H and O–H groups in total. The maximum Gasteiger partial charge on any atom is 0.242 e. The standard InChI is InChI=1S/C23H25BrN2O2/c24-20-9-7-19(8-10-20)23(12-3-4-13-23)22(28)25-15-21(27)26-14-11-17-5-1-2-6-18(17)16-26/h1-2,5-10H,3-4,11-16H2,(H,25,28). The summed E-state index contributed by atoms with van der Waals surface area (Å²) in [6.07, 6.45) is 4.64. The molecule has 0 bridgehead atoms. The number of nitrogens with one attached hydrogen (secondary N) is 1. The second-order valence-corrected chi connectivity index (χ2v) is 8.73. The number of benzene rings is 2. The molecule has 5 heteroatoms. The van der Waals surface area contributed by atoms with Gasteiger partial charge >= 0.3 is 0 Å². The number of amides is 2. The zero-order valence-electron chi connectivity index (χ0n) is 15.9. The Morgan fingerprint density at radius 3 is 2.39 bits per heavy atom. The van der Waals surface area contributed by atoms with Crippen LogP contribution >= 0.6 is 15.9 Å². The van der Waals surface area contributed by atoms with E-state index in [0.717, 1.165) is 42.1 Å². The molecule has 0 unspecified atom stereocenters. The number of hydrogen-bond acceptors (Lipinski definition) is 2. The Morgan fingerprint density at radius 2 is 1.68 bits per heavy atom. The predicted molar refractivity (Wildman–Crippen MR) is 113 cm³/mol. The highest BCUT2D eigenvalue weighted by Gasteiger charge is 2.42. The summed E-state index contributed by atoms with van der Waals surface area (Å²) in [6.45, 7) is 1.41. The molecule has 0 atom stereocenters. The Hall–Kier alpha value is -2.14. The summed E-state index contributed by atoms with van der Waals surface area (Å²) >= 11 is 3.46. The molecule has 146 valence electrons. The van der Waals surface area contributed by atoms with E-state index in [1.165, 1.54) is 11.1 Å². The second-order valence-electron chi connectivity index (χ2n) is 7.81. The average molecular weight is 441 g/mol. The number of rotatable bonds is 4. The minimum absolute atomic E-state index is 0.00759. The van der Waals surface area contributed by atoms with Crippen molar-refractivity contribution in [1.82, 2.24) is 10.2 Å². The Morgan fingerprint density at radius 1 is 1.00 bits per heavy atom. The summed E-state index contributed by atoms with van der Waals surface area (Å²) in [7, 11) is 0. The molecule has 0 radical (unpaired) electrons. The lowest BCUT2D eigenvalue weighted by Gasteiger charge is -2.31. The lowest BCUT2D eigenvalue weighted by Crippen LogP contribution is -2.48. The lowest BCUT2D eigenvalue weighted by atomic mass is 9.78. The maximum absolute atomic E-state index is 13.1. The van der Waals surface area contributed by atoms with Crippen molar-refractivity contribution in [2.45, 2.75) is 44.1 Å². The lowest BCUT2D eigenvalue weighted by molar-refractivity contribution is -0.135. The van der Waals surface area contributed by atoms with E-state index in [2.05, 4.69) is 33.4 Å². The average Bonchev–Trinajstić information content (AvgIpc) is 3.23. The summed E-state index contributed by atoms with van der Waals surface area (Å²) in [6, 6.07) is 16.3. The molecule has 4 nitrogen and oxygen atoms in total. The van der Waals surface area contributed by atoms with Gasteiger partial charge in [-0.15, -0.1) is 0 Å². The van der Waals surface area contributed by atoms with Gasteiger partial charge in [0.15, 0.2) is 0 Å². The number of carbonyl (C=O) groups excluding carboxylic acids is 2. The number of carbonyl (C=O) groups is 2. The second kappa shape index (κ2) is 8.08. The SMILES string of the molecule is O=C(CNC(=O)C1(c2ccc(Br)cc2)CCCC1)N1CCc2ccccc2C1. The number of halogens is 1. The topological polar surface area (TPSA) is 49.4 Å². The highest BCUT2D eigenvalue weighted by Crippen LogP contribution is 2.41. The van der Waals surface area contributed by atoms with Crippen LogP contribution in [0.15, 0.2) is 53.0 Å². The molecule has 1 saturated carbocycles. The van der Waals surface area contributed by atoms with Crippen LogP contribution in [0.2, 0.25) is 0 Å². The molecular weight excluding hydrogens is 416 g/mol. The molecule has 28 heavy (non-hydrogen) atoms. The molecule has 1 fully saturated rings. The van der Waals surface area contributed by atoms with E-state index in [1.54, 1.807) is 0 Å². The van der Waals surface area contributed by atoms with Gasteiger partial charge in [0.25, 0.3) is 0 Å². The summed E-state index contributed by atoms with van der Waals surface area (Å²) < 4.78 is 1.00. The van der Waals surface area contributed by atoms with E-state index in [0.29, 0.717) is 13.1 Å². The molecule has 0 spiro atoms. The van der Waals surface area contributed by atoms with E-state index < -0.39 is 5.41 Å². The van der Waals surface area contributed by atoms with E-state index in [9.17, 15) is 9.59 Å². The van der Waals surface area contributed by atoms with E-state index in [4.69, 9.17) is 0 Å². The number of hydrogen-bond donors (Lipinski definition) is 1. The van der Waals surface area contributed by atoms with Crippen LogP contribution in [0, 0.1) is 0 Å². The third kappa shape index (κ3) is 3.72. The first-order valence-electron chi connectivity index (χ1n) is 9.97. The van der Waals surface area contributed by atoms with E-state index in [-0.39, 0.29) is 18.4 Å². The first-order valence-corrected chi connectivity index (χ1v) is 10.8. The molecule has 2 aliphatic rings. The van der Waals surface area contributed by atoms with Crippen molar-refractivity contribution in [2.24, 2.45) is 0 Å². The van der Waals surface area contributed by atoms with Crippen molar-refractivity contribution < 1.29 is 9.59 Å². The van der Waals surface area contributed by atoms with Crippen molar-refractivity contribution in [1.29, 1.82) is 0 Å². The van der Waals surface area contributed by atoms with Crippen LogP contribution in [0.25, 0.3) is 0 Å². The molecule has 2 aromatic carbocycles. The van der Waals surface area contributed by atoms with Gasteiger partial charge in [-0.2, -0.15) is 0 Å². The zero-order valence-corrected chi connectivity index (χ0v) is 17.5. The quantitative estimate of drug-likeness (QED) is 0.781. The highest BCUT2D eigenvalue weighted by molar-refractivity contribution is 9.10. The molecule has 2 amide bonds. The normalized spacial score (nSPS) is 17.8. The van der Waals surface area contributed by atoms with Crippen molar-refractivity contribution >= 4 is 27.7 Å². The zero-order chi connectivity index (χ0) is 19.6. The Bertz CT molecular complexity index is 872. The minimum Gasteiger partial charge on any atom is -0.346 e. The summed E-state index contributed by atoms with van der Waals surface area (Å²) in [5.41, 5.74) is 3.06. The fourth-order valence-electron chi connectivity index (χ4n) is 4.54. The third-order valence-electron chi connectivity index (χ3n) is 6.17. The van der Waals surface area contributed by atoms with Gasteiger partial charge in [-0.3, -0.25) is 9.59 Å². The van der Waals surface area contributed by atoms with Gasteiger partial charge in [0.2, 0.25) is 11.8 Å². The summed E-state index contributed by atoms with van der Waals surface area (Å²) in [5, 5.41) is 2.96. The smallest absolute Gasteiger partial charge is 0.242 e. The Balaban J connectivity index is 1.41. The Labute approximate surface area is 174 Å². The van der Waals surface area contributed by atoms with Gasteiger partial charge in [0.1, 0.15) is 0 Å². The van der Waals surface area contributed by atoms with Crippen LogP contribution in [0.3, 0.4) is 0 Å². The van der Waals surface area contributed by atoms with Gasteiger partial charge in [0, 0.05) is 17.6 Å². The van der Waals surface area contributed by atoms with Gasteiger partial charge in [-0.1, -0.05) is 65.2 Å². The van der Waals surface area contributed by atoms with Crippen LogP contribution in [0.5, 0.6) is 0 Å². The van der Waals surface area contributed by atoms with E-state index in [1.807, 2.05) is 41.3 Å². The molecule has 0 saturated heterocycles. The molecule has 1 aliphatic carbocycles. The first-order chi connectivity index (χ1) is 13.6. The Kier molecular flexibility index (Phi) is 5.54. The summed E-state index contributed by atoms with van der Waals surface area (Å²) in [5.74, 6) is -0.0233. The molecule has 0 aromatic heterocycles. The molecule has 1 heterocycles. The molecular formula is C23H25BrN2O2. The molecule has 4 rings (SSSR count).